The lowest BCUT2D eigenvalue weighted by Crippen LogP contribution is -2.66. The van der Waals surface area contributed by atoms with Gasteiger partial charge in [-0.05, 0) is 92.3 Å². The second kappa shape index (κ2) is 7.74. The summed E-state index contributed by atoms with van der Waals surface area (Å²) < 4.78 is 4.83. The fraction of sp³-hybridized carbons (Fsp3) is 0.960. The quantitative estimate of drug-likeness (QED) is 0.602. The van der Waals surface area contributed by atoms with Gasteiger partial charge in [0.05, 0.1) is 24.9 Å². The molecule has 0 spiro atoms. The highest BCUT2D eigenvalue weighted by Crippen LogP contribution is 2.69. The molecular weight excluding hydrogens is 380 g/mol. The van der Waals surface area contributed by atoms with Crippen molar-refractivity contribution in [3.63, 3.8) is 0 Å². The van der Waals surface area contributed by atoms with E-state index in [-0.39, 0.29) is 28.8 Å². The van der Waals surface area contributed by atoms with Crippen LogP contribution >= 0.6 is 0 Å². The Kier molecular flexibility index (Phi) is 5.81. The first kappa shape index (κ1) is 22.5. The van der Waals surface area contributed by atoms with Gasteiger partial charge in [-0.1, -0.05) is 20.8 Å². The van der Waals surface area contributed by atoms with E-state index in [0.717, 1.165) is 51.4 Å². The highest BCUT2D eigenvalue weighted by Gasteiger charge is 2.69. The number of hydrogen-bond acceptors (Lipinski definition) is 5. The summed E-state index contributed by atoms with van der Waals surface area (Å²) in [6, 6.07) is 0. The van der Waals surface area contributed by atoms with Gasteiger partial charge in [0, 0.05) is 12.3 Å². The van der Waals surface area contributed by atoms with Crippen LogP contribution in [-0.4, -0.2) is 46.2 Å². The van der Waals surface area contributed by atoms with Crippen molar-refractivity contribution < 1.29 is 24.9 Å². The number of methoxy groups -OCH3 is 1. The lowest BCUT2D eigenvalue weighted by molar-refractivity contribution is -0.244. The van der Waals surface area contributed by atoms with Crippen LogP contribution in [0.25, 0.3) is 0 Å². The molecule has 0 aromatic rings. The Balaban J connectivity index is 1.59. The van der Waals surface area contributed by atoms with E-state index in [1.165, 1.54) is 7.11 Å². The van der Waals surface area contributed by atoms with Crippen molar-refractivity contribution in [2.45, 2.75) is 103 Å². The SMILES string of the molecule is COC(=O)CC[C@@H](C)[C@H]1CC[C@@]2(O)[C@@H]3[C@@H](O)C[C@@H]4C[C@H](O)CC[C@]4(C)[C@H]3CC[C@]12C. The summed E-state index contributed by atoms with van der Waals surface area (Å²) >= 11 is 0. The van der Waals surface area contributed by atoms with Gasteiger partial charge in [0.2, 0.25) is 0 Å². The molecule has 3 N–H and O–H groups in total. The molecule has 4 aliphatic carbocycles. The maximum absolute atomic E-state index is 12.2. The summed E-state index contributed by atoms with van der Waals surface area (Å²) in [6.45, 7) is 6.83. The van der Waals surface area contributed by atoms with Gasteiger partial charge in [-0.3, -0.25) is 4.79 Å². The summed E-state index contributed by atoms with van der Waals surface area (Å²) in [5.41, 5.74) is -0.958. The van der Waals surface area contributed by atoms with Crippen molar-refractivity contribution in [2.75, 3.05) is 7.11 Å². The zero-order valence-corrected chi connectivity index (χ0v) is 19.3. The van der Waals surface area contributed by atoms with E-state index in [0.29, 0.717) is 36.5 Å². The van der Waals surface area contributed by atoms with Crippen LogP contribution in [0.5, 0.6) is 0 Å². The topological polar surface area (TPSA) is 87.0 Å². The number of fused-ring (bicyclic) bond motifs is 5. The molecule has 5 nitrogen and oxygen atoms in total. The molecule has 0 aromatic heterocycles. The first-order chi connectivity index (χ1) is 14.1. The summed E-state index contributed by atoms with van der Waals surface area (Å²) in [7, 11) is 1.44. The Morgan fingerprint density at radius 1 is 1.10 bits per heavy atom. The van der Waals surface area contributed by atoms with Crippen molar-refractivity contribution in [3.8, 4) is 0 Å². The second-order valence-electron chi connectivity index (χ2n) is 11.7. The van der Waals surface area contributed by atoms with Crippen LogP contribution in [0.15, 0.2) is 0 Å². The van der Waals surface area contributed by atoms with Gasteiger partial charge in [0.25, 0.3) is 0 Å². The first-order valence-corrected chi connectivity index (χ1v) is 12.2. The molecule has 0 radical (unpaired) electrons. The van der Waals surface area contributed by atoms with Crippen molar-refractivity contribution in [1.29, 1.82) is 0 Å². The van der Waals surface area contributed by atoms with Crippen molar-refractivity contribution >= 4 is 5.97 Å². The largest absolute Gasteiger partial charge is 0.469 e. The monoisotopic (exact) mass is 422 g/mol. The summed E-state index contributed by atoms with van der Waals surface area (Å²) in [5, 5.41) is 33.8. The molecular formula is C25H42O5. The lowest BCUT2D eigenvalue weighted by Gasteiger charge is -2.65. The van der Waals surface area contributed by atoms with Crippen LogP contribution in [0.3, 0.4) is 0 Å². The molecule has 10 atom stereocenters. The van der Waals surface area contributed by atoms with Gasteiger partial charge in [0.1, 0.15) is 0 Å². The molecule has 0 saturated heterocycles. The fourth-order valence-electron chi connectivity index (χ4n) is 8.79. The van der Waals surface area contributed by atoms with Crippen LogP contribution in [-0.2, 0) is 9.53 Å². The Bertz CT molecular complexity index is 666. The number of ether oxygens (including phenoxy) is 1. The number of rotatable bonds is 4. The molecule has 4 aliphatic rings. The van der Waals surface area contributed by atoms with E-state index in [1.807, 2.05) is 0 Å². The molecule has 0 heterocycles. The highest BCUT2D eigenvalue weighted by molar-refractivity contribution is 5.69. The van der Waals surface area contributed by atoms with E-state index in [2.05, 4.69) is 20.8 Å². The average Bonchev–Trinajstić information content (AvgIpc) is 2.98. The predicted octanol–water partition coefficient (Wildman–Crippen LogP) is 3.68. The molecule has 0 unspecified atom stereocenters. The molecule has 30 heavy (non-hydrogen) atoms. The Hall–Kier alpha value is -0.650. The van der Waals surface area contributed by atoms with E-state index < -0.39 is 11.7 Å². The first-order valence-electron chi connectivity index (χ1n) is 12.2. The molecule has 5 heteroatoms. The van der Waals surface area contributed by atoms with Crippen LogP contribution in [0, 0.1) is 40.4 Å². The van der Waals surface area contributed by atoms with E-state index in [1.54, 1.807) is 0 Å². The van der Waals surface area contributed by atoms with Crippen LogP contribution in [0.2, 0.25) is 0 Å². The molecule has 172 valence electrons. The standard InChI is InChI=1S/C25H42O5/c1-15(5-6-21(28)30-4)18-9-12-25(29)22-19(8-11-24(18,25)3)23(2)10-7-17(26)13-16(23)14-20(22)27/h15-20,22,26-27,29H,5-14H2,1-4H3/t15-,16+,17-,18-,19+,20+,22+,23+,24-,25-/m1/s1. The Labute approximate surface area is 181 Å². The normalized spacial score (nSPS) is 51.4. The minimum Gasteiger partial charge on any atom is -0.469 e. The van der Waals surface area contributed by atoms with Gasteiger partial charge in [-0.25, -0.2) is 0 Å². The summed E-state index contributed by atoms with van der Waals surface area (Å²) in [4.78, 5) is 11.7. The predicted molar refractivity (Wildman–Crippen MR) is 114 cm³/mol. The van der Waals surface area contributed by atoms with Crippen LogP contribution in [0.1, 0.15) is 85.0 Å². The third-order valence-electron chi connectivity index (χ3n) is 10.6. The van der Waals surface area contributed by atoms with Gasteiger partial charge >= 0.3 is 5.97 Å². The number of carbonyl (C=O) groups excluding carboxylic acids is 1. The third-order valence-corrected chi connectivity index (χ3v) is 10.6. The highest BCUT2D eigenvalue weighted by atomic mass is 16.5. The van der Waals surface area contributed by atoms with E-state index in [4.69, 9.17) is 4.74 Å². The smallest absolute Gasteiger partial charge is 0.305 e. The zero-order valence-electron chi connectivity index (χ0n) is 19.3. The lowest BCUT2D eigenvalue weighted by atomic mass is 9.42. The van der Waals surface area contributed by atoms with Gasteiger partial charge in [-0.2, -0.15) is 0 Å². The minimum absolute atomic E-state index is 0.0782. The average molecular weight is 423 g/mol. The molecule has 0 aromatic carbocycles. The van der Waals surface area contributed by atoms with Crippen LogP contribution < -0.4 is 0 Å². The van der Waals surface area contributed by atoms with Crippen molar-refractivity contribution in [3.05, 3.63) is 0 Å². The molecule has 0 aliphatic heterocycles. The Morgan fingerprint density at radius 3 is 2.53 bits per heavy atom. The summed E-state index contributed by atoms with van der Waals surface area (Å²) in [5.74, 6) is 1.13. The zero-order chi connectivity index (χ0) is 21.9. The number of hydrogen-bond donors (Lipinski definition) is 3. The van der Waals surface area contributed by atoms with E-state index in [9.17, 15) is 20.1 Å². The number of carbonyl (C=O) groups is 1. The maximum atomic E-state index is 12.2. The van der Waals surface area contributed by atoms with E-state index >= 15 is 0 Å². The molecule has 0 bridgehead atoms. The van der Waals surface area contributed by atoms with Gasteiger partial charge in [0.15, 0.2) is 0 Å². The molecule has 4 rings (SSSR count). The minimum atomic E-state index is -0.844. The maximum Gasteiger partial charge on any atom is 0.305 e. The van der Waals surface area contributed by atoms with Crippen LogP contribution in [0.4, 0.5) is 0 Å². The molecule has 0 amide bonds. The number of esters is 1. The molecule has 4 saturated carbocycles. The Morgan fingerprint density at radius 2 is 1.83 bits per heavy atom. The number of aliphatic hydroxyl groups is 3. The van der Waals surface area contributed by atoms with Crippen molar-refractivity contribution in [2.24, 2.45) is 40.4 Å². The fourth-order valence-corrected chi connectivity index (χ4v) is 8.79. The molecule has 4 fully saturated rings. The summed E-state index contributed by atoms with van der Waals surface area (Å²) in [6.07, 6.45) is 7.56. The van der Waals surface area contributed by atoms with Gasteiger partial charge < -0.3 is 20.1 Å². The number of aliphatic hydroxyl groups excluding tert-OH is 2. The third kappa shape index (κ3) is 3.17. The van der Waals surface area contributed by atoms with Gasteiger partial charge in [-0.15, -0.1) is 0 Å². The second-order valence-corrected chi connectivity index (χ2v) is 11.7. The van der Waals surface area contributed by atoms with Crippen molar-refractivity contribution in [1.82, 2.24) is 0 Å².